The molecule has 0 saturated heterocycles. The summed E-state index contributed by atoms with van der Waals surface area (Å²) in [5.41, 5.74) is 0.0763. The van der Waals surface area contributed by atoms with E-state index in [1.807, 2.05) is 0 Å². The number of nitrogens with one attached hydrogen (secondary N) is 3. The molecule has 0 saturated carbocycles. The van der Waals surface area contributed by atoms with E-state index >= 15 is 0 Å². The average Bonchev–Trinajstić information content (AvgIpc) is 2.93. The average molecular weight is 312 g/mol. The number of rotatable bonds is 4. The number of halogens is 3. The molecule has 1 aromatic carbocycles. The molecule has 3 N–H and O–H groups in total. The molecule has 0 spiro atoms. The van der Waals surface area contributed by atoms with Crippen molar-refractivity contribution in [3.05, 3.63) is 47.8 Å². The van der Waals surface area contributed by atoms with Crippen LogP contribution in [-0.2, 0) is 0 Å². The van der Waals surface area contributed by atoms with Gasteiger partial charge in [-0.25, -0.2) is 0 Å². The molecule has 2 rings (SSSR count). The molecule has 0 atom stereocenters. The summed E-state index contributed by atoms with van der Waals surface area (Å²) in [5.74, 6) is -1.52. The number of hydrogen-bond acceptors (Lipinski definition) is 3. The first kappa shape index (κ1) is 15.5. The van der Waals surface area contributed by atoms with Crippen LogP contribution in [0.25, 0.3) is 0 Å². The number of carbonyl (C=O) groups excluding carboxylic acids is 2. The predicted octanol–water partition coefficient (Wildman–Crippen LogP) is 1.95. The van der Waals surface area contributed by atoms with Gasteiger partial charge in [0.25, 0.3) is 11.8 Å². The van der Waals surface area contributed by atoms with Gasteiger partial charge in [0.15, 0.2) is 0 Å². The number of aromatic nitrogens is 2. The van der Waals surface area contributed by atoms with Crippen molar-refractivity contribution in [3.8, 4) is 0 Å². The number of H-pyrrole nitrogens is 1. The van der Waals surface area contributed by atoms with E-state index in [2.05, 4.69) is 15.5 Å². The van der Waals surface area contributed by atoms with Crippen LogP contribution >= 0.6 is 0 Å². The van der Waals surface area contributed by atoms with Gasteiger partial charge >= 0.3 is 6.18 Å². The normalized spacial score (nSPS) is 11.0. The quantitative estimate of drug-likeness (QED) is 0.806. The van der Waals surface area contributed by atoms with Crippen LogP contribution in [0.5, 0.6) is 0 Å². The fraction of sp³-hybridized carbons (Fsp3) is 0.154. The number of nitrogens with zero attached hydrogens (tertiary/aromatic N) is 1. The first-order valence-electron chi connectivity index (χ1n) is 6.11. The number of benzene rings is 1. The second kappa shape index (κ2) is 6.29. The molecule has 2 amide bonds. The summed E-state index contributed by atoms with van der Waals surface area (Å²) >= 11 is 0. The predicted molar refractivity (Wildman–Crippen MR) is 71.4 cm³/mol. The molecule has 0 bridgehead atoms. The van der Waals surface area contributed by atoms with Crippen LogP contribution < -0.4 is 10.6 Å². The zero-order chi connectivity index (χ0) is 16.2. The third-order valence-corrected chi connectivity index (χ3v) is 2.60. The Morgan fingerprint density at radius 2 is 1.82 bits per heavy atom. The molecular formula is C13H11F3N4O2. The minimum Gasteiger partial charge on any atom is -0.342 e. The minimum atomic E-state index is -4.52. The summed E-state index contributed by atoms with van der Waals surface area (Å²) in [7, 11) is 0. The van der Waals surface area contributed by atoms with Crippen molar-refractivity contribution < 1.29 is 22.8 Å². The van der Waals surface area contributed by atoms with Gasteiger partial charge in [-0.2, -0.15) is 18.3 Å². The molecule has 1 aromatic heterocycles. The fourth-order valence-corrected chi connectivity index (χ4v) is 1.61. The molecule has 1 heterocycles. The van der Waals surface area contributed by atoms with Crippen LogP contribution in [0, 0.1) is 0 Å². The molecule has 0 radical (unpaired) electrons. The van der Waals surface area contributed by atoms with Gasteiger partial charge in [-0.3, -0.25) is 14.7 Å². The smallest absolute Gasteiger partial charge is 0.342 e. The minimum absolute atomic E-state index is 0.00599. The molecule has 9 heteroatoms. The Balaban J connectivity index is 2.06. The lowest BCUT2D eigenvalue weighted by atomic mass is 10.2. The second-order valence-corrected chi connectivity index (χ2v) is 4.28. The van der Waals surface area contributed by atoms with E-state index in [1.165, 1.54) is 0 Å². The highest BCUT2D eigenvalue weighted by Crippen LogP contribution is 2.15. The molecule has 2 aromatic rings. The van der Waals surface area contributed by atoms with Crippen LogP contribution in [0.1, 0.15) is 20.8 Å². The maximum Gasteiger partial charge on any atom is 0.405 e. The topological polar surface area (TPSA) is 86.9 Å². The summed E-state index contributed by atoms with van der Waals surface area (Å²) in [6, 6.07) is 8.14. The van der Waals surface area contributed by atoms with Gasteiger partial charge in [0.2, 0.25) is 0 Å². The van der Waals surface area contributed by atoms with Gasteiger partial charge in [0.05, 0.1) is 11.9 Å². The van der Waals surface area contributed by atoms with E-state index in [4.69, 9.17) is 0 Å². The second-order valence-electron chi connectivity index (χ2n) is 4.28. The maximum atomic E-state index is 12.1. The molecular weight excluding hydrogens is 301 g/mol. The number of alkyl halides is 3. The highest BCUT2D eigenvalue weighted by molar-refractivity contribution is 6.08. The zero-order valence-corrected chi connectivity index (χ0v) is 11.1. The summed E-state index contributed by atoms with van der Waals surface area (Å²) in [5, 5.41) is 9.91. The standard InChI is InChI=1S/C13H11F3N4O2/c14-13(15,16)7-17-12(22)10-9(6-18-20-10)19-11(21)8-4-2-1-3-5-8/h1-6H,7H2,(H,17,22)(H,18,20)(H,19,21). The summed E-state index contributed by atoms with van der Waals surface area (Å²) in [6.45, 7) is -1.48. The van der Waals surface area contributed by atoms with Gasteiger partial charge in [0, 0.05) is 5.56 Å². The highest BCUT2D eigenvalue weighted by Gasteiger charge is 2.28. The lowest BCUT2D eigenvalue weighted by molar-refractivity contribution is -0.123. The molecule has 0 unspecified atom stereocenters. The molecule has 6 nitrogen and oxygen atoms in total. The largest absolute Gasteiger partial charge is 0.405 e. The lowest BCUT2D eigenvalue weighted by Crippen LogP contribution is -2.34. The third-order valence-electron chi connectivity index (χ3n) is 2.60. The SMILES string of the molecule is O=C(Nc1cn[nH]c1C(=O)NCC(F)(F)F)c1ccccc1. The van der Waals surface area contributed by atoms with Gasteiger partial charge in [-0.15, -0.1) is 0 Å². The van der Waals surface area contributed by atoms with Gasteiger partial charge in [0.1, 0.15) is 12.2 Å². The van der Waals surface area contributed by atoms with E-state index in [-0.39, 0.29) is 11.4 Å². The Morgan fingerprint density at radius 3 is 2.45 bits per heavy atom. The van der Waals surface area contributed by atoms with Crippen molar-refractivity contribution in [3.63, 3.8) is 0 Å². The first-order chi connectivity index (χ1) is 10.4. The molecule has 0 aliphatic rings. The van der Waals surface area contributed by atoms with Crippen LogP contribution in [0.3, 0.4) is 0 Å². The molecule has 0 aliphatic carbocycles. The fourth-order valence-electron chi connectivity index (χ4n) is 1.61. The van der Waals surface area contributed by atoms with E-state index in [0.29, 0.717) is 5.56 Å². The Hall–Kier alpha value is -2.84. The first-order valence-corrected chi connectivity index (χ1v) is 6.11. The van der Waals surface area contributed by atoms with Crippen LogP contribution in [0.2, 0.25) is 0 Å². The Labute approximate surface area is 122 Å². The monoisotopic (exact) mass is 312 g/mol. The van der Waals surface area contributed by atoms with Crippen LogP contribution in [0.4, 0.5) is 18.9 Å². The number of aromatic amines is 1. The maximum absolute atomic E-state index is 12.1. The number of hydrogen-bond donors (Lipinski definition) is 3. The van der Waals surface area contributed by atoms with Crippen molar-refractivity contribution in [1.82, 2.24) is 15.5 Å². The molecule has 116 valence electrons. The molecule has 0 fully saturated rings. The van der Waals surface area contributed by atoms with Gasteiger partial charge in [-0.05, 0) is 12.1 Å². The van der Waals surface area contributed by atoms with E-state index in [1.54, 1.807) is 35.6 Å². The Morgan fingerprint density at radius 1 is 1.14 bits per heavy atom. The highest BCUT2D eigenvalue weighted by atomic mass is 19.4. The van der Waals surface area contributed by atoms with Gasteiger partial charge in [-0.1, -0.05) is 18.2 Å². The zero-order valence-electron chi connectivity index (χ0n) is 11.1. The van der Waals surface area contributed by atoms with Gasteiger partial charge < -0.3 is 10.6 Å². The van der Waals surface area contributed by atoms with Crippen molar-refractivity contribution in [2.45, 2.75) is 6.18 Å². The lowest BCUT2D eigenvalue weighted by Gasteiger charge is -2.09. The van der Waals surface area contributed by atoms with E-state index in [9.17, 15) is 22.8 Å². The number of anilines is 1. The Bertz CT molecular complexity index is 667. The summed E-state index contributed by atoms with van der Waals surface area (Å²) in [4.78, 5) is 23.6. The Kier molecular flexibility index (Phi) is 4.44. The number of carbonyl (C=O) groups is 2. The van der Waals surface area contributed by atoms with E-state index in [0.717, 1.165) is 6.20 Å². The summed E-state index contributed by atoms with van der Waals surface area (Å²) < 4.78 is 36.2. The van der Waals surface area contributed by atoms with Crippen LogP contribution in [-0.4, -0.2) is 34.7 Å². The van der Waals surface area contributed by atoms with Crippen molar-refractivity contribution in [2.75, 3.05) is 11.9 Å². The molecule has 0 aliphatic heterocycles. The van der Waals surface area contributed by atoms with Crippen molar-refractivity contribution >= 4 is 17.5 Å². The summed E-state index contributed by atoms with van der Waals surface area (Å²) in [6.07, 6.45) is -3.38. The van der Waals surface area contributed by atoms with Crippen LogP contribution in [0.15, 0.2) is 36.5 Å². The third kappa shape index (κ3) is 4.08. The molecule has 22 heavy (non-hydrogen) atoms. The van der Waals surface area contributed by atoms with Crippen molar-refractivity contribution in [1.29, 1.82) is 0 Å². The van der Waals surface area contributed by atoms with E-state index < -0.39 is 24.5 Å². The van der Waals surface area contributed by atoms with Crippen molar-refractivity contribution in [2.24, 2.45) is 0 Å². The number of amides is 2.